The second-order valence-corrected chi connectivity index (χ2v) is 6.47. The number of alkyl carbamates (subject to hydrolysis) is 1. The van der Waals surface area contributed by atoms with Crippen LogP contribution in [0.2, 0.25) is 0 Å². The van der Waals surface area contributed by atoms with Crippen LogP contribution in [0.1, 0.15) is 38.4 Å². The fraction of sp³-hybridized carbons (Fsp3) is 0.529. The Morgan fingerprint density at radius 2 is 2.00 bits per heavy atom. The van der Waals surface area contributed by atoms with Gasteiger partial charge in [0.2, 0.25) is 0 Å². The normalized spacial score (nSPS) is 23.1. The van der Waals surface area contributed by atoms with Crippen LogP contribution in [0.25, 0.3) is 5.69 Å². The van der Waals surface area contributed by atoms with Crippen molar-refractivity contribution in [1.29, 1.82) is 0 Å². The van der Waals surface area contributed by atoms with E-state index < -0.39 is 11.6 Å². The quantitative estimate of drug-likeness (QED) is 0.915. The van der Waals surface area contributed by atoms with Gasteiger partial charge in [-0.1, -0.05) is 19.1 Å². The van der Waals surface area contributed by atoms with E-state index in [2.05, 4.69) is 27.8 Å². The van der Waals surface area contributed by atoms with Gasteiger partial charge in [0.25, 0.3) is 0 Å². The number of ether oxygens (including phenoxy) is 2. The van der Waals surface area contributed by atoms with E-state index in [4.69, 9.17) is 9.47 Å². The molecule has 134 valence electrons. The minimum absolute atomic E-state index is 0.482. The largest absolute Gasteiger partial charge is 0.494 e. The minimum atomic E-state index is -0.663. The summed E-state index contributed by atoms with van der Waals surface area (Å²) in [5.41, 5.74) is 0.0684. The maximum Gasteiger partial charge on any atom is 0.407 e. The Bertz CT molecular complexity index is 737. The molecule has 1 fully saturated rings. The van der Waals surface area contributed by atoms with Gasteiger partial charge in [-0.2, -0.15) is 4.68 Å². The number of hydrogen-bond acceptors (Lipinski definition) is 6. The van der Waals surface area contributed by atoms with Gasteiger partial charge >= 0.3 is 6.09 Å². The standard InChI is InChI=1S/C17H23N5O3/c1-12-8-10-17(11-9-12,18-16(23)25-3)15-19-20-21-22(15)13-6-4-5-7-14(13)24-2/h4-7,12H,8-11H2,1-3H3,(H,18,23). The average Bonchev–Trinajstić information content (AvgIpc) is 3.14. The van der Waals surface area contributed by atoms with Crippen molar-refractivity contribution in [2.45, 2.75) is 38.1 Å². The lowest BCUT2D eigenvalue weighted by Crippen LogP contribution is -2.49. The molecule has 0 unspecified atom stereocenters. The fourth-order valence-corrected chi connectivity index (χ4v) is 3.36. The van der Waals surface area contributed by atoms with Crippen LogP contribution in [0.15, 0.2) is 24.3 Å². The van der Waals surface area contributed by atoms with Gasteiger partial charge in [-0.15, -0.1) is 5.10 Å². The molecule has 0 bridgehead atoms. The predicted octanol–water partition coefficient (Wildman–Crippen LogP) is 2.43. The van der Waals surface area contributed by atoms with Crippen LogP contribution < -0.4 is 10.1 Å². The summed E-state index contributed by atoms with van der Waals surface area (Å²) >= 11 is 0. The molecule has 1 aromatic heterocycles. The second-order valence-electron chi connectivity index (χ2n) is 6.47. The number of methoxy groups -OCH3 is 2. The SMILES string of the molecule is COC(=O)NC1(c2nnnn2-c2ccccc2OC)CCC(C)CC1. The number of amides is 1. The van der Waals surface area contributed by atoms with Crippen LogP contribution in [0, 0.1) is 5.92 Å². The van der Waals surface area contributed by atoms with Crippen molar-refractivity contribution in [1.82, 2.24) is 25.5 Å². The molecule has 0 saturated heterocycles. The summed E-state index contributed by atoms with van der Waals surface area (Å²) in [6.07, 6.45) is 2.97. The molecule has 0 aliphatic heterocycles. The molecule has 1 aliphatic carbocycles. The molecular formula is C17H23N5O3. The summed E-state index contributed by atoms with van der Waals surface area (Å²) < 4.78 is 11.9. The van der Waals surface area contributed by atoms with Gasteiger partial charge in [0, 0.05) is 0 Å². The van der Waals surface area contributed by atoms with E-state index in [-0.39, 0.29) is 0 Å². The van der Waals surface area contributed by atoms with Gasteiger partial charge in [0.1, 0.15) is 17.0 Å². The van der Waals surface area contributed by atoms with E-state index in [9.17, 15) is 4.79 Å². The molecule has 1 N–H and O–H groups in total. The van der Waals surface area contributed by atoms with E-state index in [0.717, 1.165) is 31.4 Å². The Labute approximate surface area is 146 Å². The Morgan fingerprint density at radius 3 is 2.68 bits per heavy atom. The smallest absolute Gasteiger partial charge is 0.407 e. The summed E-state index contributed by atoms with van der Waals surface area (Å²) in [5, 5.41) is 15.3. The Hall–Kier alpha value is -2.64. The predicted molar refractivity (Wildman–Crippen MR) is 90.6 cm³/mol. The van der Waals surface area contributed by atoms with Crippen LogP contribution in [-0.2, 0) is 10.3 Å². The zero-order valence-corrected chi connectivity index (χ0v) is 14.7. The Kier molecular flexibility index (Phi) is 4.87. The highest BCUT2D eigenvalue weighted by Gasteiger charge is 2.42. The van der Waals surface area contributed by atoms with Gasteiger partial charge in [-0.05, 0) is 54.2 Å². The second kappa shape index (κ2) is 7.08. The van der Waals surface area contributed by atoms with Gasteiger partial charge in [-0.25, -0.2) is 4.79 Å². The van der Waals surface area contributed by atoms with Crippen molar-refractivity contribution in [2.75, 3.05) is 14.2 Å². The van der Waals surface area contributed by atoms with E-state index in [1.807, 2.05) is 24.3 Å². The molecular weight excluding hydrogens is 322 g/mol. The number of para-hydroxylation sites is 2. The zero-order chi connectivity index (χ0) is 17.9. The molecule has 2 aromatic rings. The Balaban J connectivity index is 2.06. The number of aromatic nitrogens is 4. The number of tetrazole rings is 1. The molecule has 3 rings (SSSR count). The number of carbonyl (C=O) groups excluding carboxylic acids is 1. The van der Waals surface area contributed by atoms with Crippen molar-refractivity contribution < 1.29 is 14.3 Å². The lowest BCUT2D eigenvalue weighted by atomic mass is 9.76. The molecule has 8 nitrogen and oxygen atoms in total. The molecule has 0 atom stereocenters. The molecule has 1 heterocycles. The van der Waals surface area contributed by atoms with Crippen molar-refractivity contribution in [3.05, 3.63) is 30.1 Å². The molecule has 1 amide bonds. The first-order valence-corrected chi connectivity index (χ1v) is 8.38. The number of nitrogens with zero attached hydrogens (tertiary/aromatic N) is 4. The van der Waals surface area contributed by atoms with Crippen LogP contribution in [0.5, 0.6) is 5.75 Å². The lowest BCUT2D eigenvalue weighted by molar-refractivity contribution is 0.130. The van der Waals surface area contributed by atoms with Crippen molar-refractivity contribution in [3.63, 3.8) is 0 Å². The minimum Gasteiger partial charge on any atom is -0.494 e. The molecule has 1 saturated carbocycles. The summed E-state index contributed by atoms with van der Waals surface area (Å²) in [6.45, 7) is 2.21. The fourth-order valence-electron chi connectivity index (χ4n) is 3.36. The number of rotatable bonds is 4. The molecule has 1 aromatic carbocycles. The molecule has 0 radical (unpaired) electrons. The van der Waals surface area contributed by atoms with Crippen LogP contribution in [0.3, 0.4) is 0 Å². The Morgan fingerprint density at radius 1 is 1.28 bits per heavy atom. The first-order valence-electron chi connectivity index (χ1n) is 8.38. The van der Waals surface area contributed by atoms with Gasteiger partial charge in [0.05, 0.1) is 14.2 Å². The van der Waals surface area contributed by atoms with Crippen LogP contribution in [0.4, 0.5) is 4.79 Å². The third-order valence-electron chi connectivity index (χ3n) is 4.87. The first kappa shape index (κ1) is 17.2. The maximum atomic E-state index is 12.0. The van der Waals surface area contributed by atoms with Crippen molar-refractivity contribution in [3.8, 4) is 11.4 Å². The number of hydrogen-bond donors (Lipinski definition) is 1. The van der Waals surface area contributed by atoms with Crippen LogP contribution in [-0.4, -0.2) is 40.5 Å². The molecule has 8 heteroatoms. The molecule has 25 heavy (non-hydrogen) atoms. The number of nitrogens with one attached hydrogen (secondary N) is 1. The zero-order valence-electron chi connectivity index (χ0n) is 14.7. The highest BCUT2D eigenvalue weighted by Crippen LogP contribution is 2.39. The van der Waals surface area contributed by atoms with Crippen LogP contribution >= 0.6 is 0 Å². The molecule has 0 spiro atoms. The van der Waals surface area contributed by atoms with E-state index >= 15 is 0 Å². The third kappa shape index (κ3) is 3.29. The van der Waals surface area contributed by atoms with E-state index in [1.165, 1.54) is 7.11 Å². The highest BCUT2D eigenvalue weighted by molar-refractivity contribution is 5.68. The van der Waals surface area contributed by atoms with Crippen molar-refractivity contribution >= 4 is 6.09 Å². The summed E-state index contributed by atoms with van der Waals surface area (Å²) in [6, 6.07) is 7.52. The summed E-state index contributed by atoms with van der Waals surface area (Å²) in [5.74, 6) is 1.85. The third-order valence-corrected chi connectivity index (χ3v) is 4.87. The maximum absolute atomic E-state index is 12.0. The van der Waals surface area contributed by atoms with Gasteiger partial charge < -0.3 is 14.8 Å². The number of benzene rings is 1. The summed E-state index contributed by atoms with van der Waals surface area (Å²) in [4.78, 5) is 12.0. The monoisotopic (exact) mass is 345 g/mol. The van der Waals surface area contributed by atoms with Crippen molar-refractivity contribution in [2.24, 2.45) is 5.92 Å². The highest BCUT2D eigenvalue weighted by atomic mass is 16.5. The first-order chi connectivity index (χ1) is 12.1. The van der Waals surface area contributed by atoms with Gasteiger partial charge in [0.15, 0.2) is 5.82 Å². The molecule has 1 aliphatic rings. The average molecular weight is 345 g/mol. The van der Waals surface area contributed by atoms with E-state index in [0.29, 0.717) is 17.5 Å². The number of carbonyl (C=O) groups is 1. The topological polar surface area (TPSA) is 91.2 Å². The lowest BCUT2D eigenvalue weighted by Gasteiger charge is -2.38. The summed E-state index contributed by atoms with van der Waals surface area (Å²) in [7, 11) is 2.96. The van der Waals surface area contributed by atoms with E-state index in [1.54, 1.807) is 11.8 Å². The van der Waals surface area contributed by atoms with Gasteiger partial charge in [-0.3, -0.25) is 0 Å².